The van der Waals surface area contributed by atoms with E-state index < -0.39 is 0 Å². The molecule has 1 aromatic heterocycles. The SMILES string of the molecule is Cc1ccc(CN[C@H]2CC[C@@H](Nc3ccnc4cc(Cl)ccc34)CC2)cc1C. The van der Waals surface area contributed by atoms with Gasteiger partial charge in [-0.3, -0.25) is 4.98 Å². The van der Waals surface area contributed by atoms with Crippen molar-refractivity contribution in [3.8, 4) is 0 Å². The zero-order valence-electron chi connectivity index (χ0n) is 16.6. The molecule has 2 N–H and O–H groups in total. The van der Waals surface area contributed by atoms with Crippen molar-refractivity contribution in [2.45, 2.75) is 58.2 Å². The first-order chi connectivity index (χ1) is 13.6. The van der Waals surface area contributed by atoms with Crippen LogP contribution in [-0.4, -0.2) is 17.1 Å². The van der Waals surface area contributed by atoms with Crippen molar-refractivity contribution in [3.63, 3.8) is 0 Å². The third-order valence-corrected chi connectivity index (χ3v) is 6.19. The summed E-state index contributed by atoms with van der Waals surface area (Å²) in [4.78, 5) is 4.44. The maximum absolute atomic E-state index is 6.10. The van der Waals surface area contributed by atoms with Crippen LogP contribution in [0, 0.1) is 13.8 Å². The summed E-state index contributed by atoms with van der Waals surface area (Å²) in [7, 11) is 0. The second-order valence-electron chi connectivity index (χ2n) is 8.01. The average molecular weight is 394 g/mol. The van der Waals surface area contributed by atoms with Crippen molar-refractivity contribution in [2.24, 2.45) is 0 Å². The van der Waals surface area contributed by atoms with Gasteiger partial charge in [0.15, 0.2) is 0 Å². The molecule has 0 atom stereocenters. The van der Waals surface area contributed by atoms with E-state index in [1.807, 2.05) is 18.3 Å². The molecule has 2 aromatic carbocycles. The zero-order valence-corrected chi connectivity index (χ0v) is 17.4. The third-order valence-electron chi connectivity index (χ3n) is 5.96. The molecule has 0 aliphatic heterocycles. The molecule has 1 heterocycles. The smallest absolute Gasteiger partial charge is 0.0737 e. The molecule has 0 amide bonds. The van der Waals surface area contributed by atoms with Gasteiger partial charge in [-0.25, -0.2) is 0 Å². The highest BCUT2D eigenvalue weighted by molar-refractivity contribution is 6.31. The molecule has 28 heavy (non-hydrogen) atoms. The molecule has 1 aliphatic carbocycles. The van der Waals surface area contributed by atoms with Crippen LogP contribution < -0.4 is 10.6 Å². The van der Waals surface area contributed by atoms with Crippen molar-refractivity contribution in [1.82, 2.24) is 10.3 Å². The molecule has 0 unspecified atom stereocenters. The van der Waals surface area contributed by atoms with E-state index in [0.717, 1.165) is 28.2 Å². The number of aromatic nitrogens is 1. The summed E-state index contributed by atoms with van der Waals surface area (Å²) in [6.07, 6.45) is 6.64. The molecule has 1 aliphatic rings. The summed E-state index contributed by atoms with van der Waals surface area (Å²) in [6, 6.07) is 15.9. The molecule has 3 nitrogen and oxygen atoms in total. The Balaban J connectivity index is 1.31. The van der Waals surface area contributed by atoms with Crippen molar-refractivity contribution in [1.29, 1.82) is 0 Å². The summed E-state index contributed by atoms with van der Waals surface area (Å²) in [5.41, 5.74) is 6.22. The molecule has 4 rings (SSSR count). The normalized spacial score (nSPS) is 19.7. The van der Waals surface area contributed by atoms with Crippen LogP contribution in [0.4, 0.5) is 5.69 Å². The van der Waals surface area contributed by atoms with E-state index in [4.69, 9.17) is 11.6 Å². The van der Waals surface area contributed by atoms with Gasteiger partial charge in [0, 0.05) is 40.9 Å². The highest BCUT2D eigenvalue weighted by atomic mass is 35.5. The Morgan fingerprint density at radius 3 is 2.50 bits per heavy atom. The number of benzene rings is 2. The van der Waals surface area contributed by atoms with Crippen LogP contribution in [0.25, 0.3) is 10.9 Å². The van der Waals surface area contributed by atoms with Gasteiger partial charge in [-0.1, -0.05) is 29.8 Å². The minimum absolute atomic E-state index is 0.515. The van der Waals surface area contributed by atoms with Crippen molar-refractivity contribution in [3.05, 3.63) is 70.4 Å². The minimum atomic E-state index is 0.515. The molecule has 0 saturated heterocycles. The Labute approximate surface area is 172 Å². The summed E-state index contributed by atoms with van der Waals surface area (Å²) >= 11 is 6.10. The fourth-order valence-electron chi connectivity index (χ4n) is 4.08. The van der Waals surface area contributed by atoms with E-state index in [0.29, 0.717) is 12.1 Å². The van der Waals surface area contributed by atoms with E-state index in [2.05, 4.69) is 59.8 Å². The Kier molecular flexibility index (Phi) is 5.84. The van der Waals surface area contributed by atoms with Gasteiger partial charge >= 0.3 is 0 Å². The van der Waals surface area contributed by atoms with Crippen molar-refractivity contribution < 1.29 is 0 Å². The van der Waals surface area contributed by atoms with Crippen LogP contribution in [0.15, 0.2) is 48.7 Å². The lowest BCUT2D eigenvalue weighted by Crippen LogP contribution is -2.36. The van der Waals surface area contributed by atoms with Crippen LogP contribution in [0.3, 0.4) is 0 Å². The number of nitrogens with one attached hydrogen (secondary N) is 2. The molecule has 0 bridgehead atoms. The second-order valence-corrected chi connectivity index (χ2v) is 8.45. The Bertz CT molecular complexity index is 961. The van der Waals surface area contributed by atoms with Crippen LogP contribution >= 0.6 is 11.6 Å². The topological polar surface area (TPSA) is 37.0 Å². The molecule has 0 spiro atoms. The maximum atomic E-state index is 6.10. The number of hydrogen-bond acceptors (Lipinski definition) is 3. The van der Waals surface area contributed by atoms with Gasteiger partial charge < -0.3 is 10.6 Å². The maximum Gasteiger partial charge on any atom is 0.0737 e. The first kappa shape index (κ1) is 19.2. The largest absolute Gasteiger partial charge is 0.382 e. The molecule has 4 heteroatoms. The number of pyridine rings is 1. The van der Waals surface area contributed by atoms with Crippen molar-refractivity contribution >= 4 is 28.2 Å². The number of anilines is 1. The number of aryl methyl sites for hydroxylation is 2. The van der Waals surface area contributed by atoms with Gasteiger partial charge in [0.05, 0.1) is 5.52 Å². The Hall–Kier alpha value is -2.10. The molecule has 0 radical (unpaired) electrons. The molecular formula is C24H28ClN3. The predicted molar refractivity (Wildman–Crippen MR) is 119 cm³/mol. The summed E-state index contributed by atoms with van der Waals surface area (Å²) in [5.74, 6) is 0. The molecule has 3 aromatic rings. The van der Waals surface area contributed by atoms with E-state index >= 15 is 0 Å². The minimum Gasteiger partial charge on any atom is -0.382 e. The van der Waals surface area contributed by atoms with Gasteiger partial charge in [-0.15, -0.1) is 0 Å². The molecule has 1 fully saturated rings. The number of rotatable bonds is 5. The van der Waals surface area contributed by atoms with Gasteiger partial charge in [0.2, 0.25) is 0 Å². The van der Waals surface area contributed by atoms with Gasteiger partial charge in [-0.2, -0.15) is 0 Å². The highest BCUT2D eigenvalue weighted by Crippen LogP contribution is 2.28. The summed E-state index contributed by atoms with van der Waals surface area (Å²) in [6.45, 7) is 5.31. The first-order valence-corrected chi connectivity index (χ1v) is 10.6. The van der Waals surface area contributed by atoms with Crippen molar-refractivity contribution in [2.75, 3.05) is 5.32 Å². The number of halogens is 1. The second kappa shape index (κ2) is 8.50. The number of hydrogen-bond donors (Lipinski definition) is 2. The van der Waals surface area contributed by atoms with E-state index in [1.165, 1.54) is 42.4 Å². The summed E-state index contributed by atoms with van der Waals surface area (Å²) in [5, 5.41) is 9.36. The van der Waals surface area contributed by atoms with E-state index in [1.54, 1.807) is 0 Å². The average Bonchev–Trinajstić information content (AvgIpc) is 2.70. The van der Waals surface area contributed by atoms with Crippen LogP contribution in [0.2, 0.25) is 5.02 Å². The van der Waals surface area contributed by atoms with Gasteiger partial charge in [0.1, 0.15) is 0 Å². The lowest BCUT2D eigenvalue weighted by molar-refractivity contribution is 0.353. The molecular weight excluding hydrogens is 366 g/mol. The van der Waals surface area contributed by atoms with Gasteiger partial charge in [0.25, 0.3) is 0 Å². The third kappa shape index (κ3) is 4.48. The quantitative estimate of drug-likeness (QED) is 0.556. The fraction of sp³-hybridized carbons (Fsp3) is 0.375. The van der Waals surface area contributed by atoms with Crippen LogP contribution in [-0.2, 0) is 6.54 Å². The number of fused-ring (bicyclic) bond motifs is 1. The van der Waals surface area contributed by atoms with Crippen LogP contribution in [0.5, 0.6) is 0 Å². The van der Waals surface area contributed by atoms with E-state index in [9.17, 15) is 0 Å². The summed E-state index contributed by atoms with van der Waals surface area (Å²) < 4.78 is 0. The lowest BCUT2D eigenvalue weighted by atomic mass is 9.90. The Morgan fingerprint density at radius 1 is 0.929 bits per heavy atom. The lowest BCUT2D eigenvalue weighted by Gasteiger charge is -2.30. The highest BCUT2D eigenvalue weighted by Gasteiger charge is 2.21. The number of nitrogens with zero attached hydrogens (tertiary/aromatic N) is 1. The Morgan fingerprint density at radius 2 is 1.71 bits per heavy atom. The zero-order chi connectivity index (χ0) is 19.5. The van der Waals surface area contributed by atoms with Gasteiger partial charge in [-0.05, 0) is 80.5 Å². The monoisotopic (exact) mass is 393 g/mol. The fourth-order valence-corrected chi connectivity index (χ4v) is 4.25. The molecule has 146 valence electrons. The standard InChI is InChI=1S/C24H28ClN3/c1-16-3-4-18(13-17(16)2)15-27-20-6-8-21(9-7-20)28-23-11-12-26-24-14-19(25)5-10-22(23)24/h3-5,10-14,20-21,27H,6-9,15H2,1-2H3,(H,26,28)/t20-,21+. The van der Waals surface area contributed by atoms with E-state index in [-0.39, 0.29) is 0 Å². The van der Waals surface area contributed by atoms with Crippen LogP contribution in [0.1, 0.15) is 42.4 Å². The molecule has 1 saturated carbocycles. The predicted octanol–water partition coefficient (Wildman–Crippen LogP) is 6.02. The first-order valence-electron chi connectivity index (χ1n) is 10.2.